The molecule has 0 saturated heterocycles. The maximum atomic E-state index is 14.3. The van der Waals surface area contributed by atoms with Crippen LogP contribution in [0, 0.1) is 11.6 Å². The number of benzene rings is 1. The molecule has 128 valence electrons. The van der Waals surface area contributed by atoms with Crippen molar-refractivity contribution in [3.05, 3.63) is 52.4 Å². The Kier molecular flexibility index (Phi) is 4.34. The fourth-order valence-corrected chi connectivity index (χ4v) is 2.91. The van der Waals surface area contributed by atoms with E-state index in [1.54, 1.807) is 19.9 Å². The SMILES string of the molecule is CC(C)c1c(C(=O)O)c(-c2nc(Cl)ncc2F)nc2c(F)cccc12. The summed E-state index contributed by atoms with van der Waals surface area (Å²) in [6.07, 6.45) is 0.818. The van der Waals surface area contributed by atoms with Crippen LogP contribution in [0.3, 0.4) is 0 Å². The van der Waals surface area contributed by atoms with E-state index in [4.69, 9.17) is 11.6 Å². The molecule has 0 aliphatic rings. The molecule has 25 heavy (non-hydrogen) atoms. The Morgan fingerprint density at radius 2 is 1.88 bits per heavy atom. The largest absolute Gasteiger partial charge is 0.478 e. The maximum Gasteiger partial charge on any atom is 0.338 e. The first-order valence-electron chi connectivity index (χ1n) is 7.35. The van der Waals surface area contributed by atoms with Crippen LogP contribution in [0.25, 0.3) is 22.3 Å². The Hall–Kier alpha value is -2.67. The Labute approximate surface area is 146 Å². The summed E-state index contributed by atoms with van der Waals surface area (Å²) in [6.45, 7) is 3.53. The van der Waals surface area contributed by atoms with Crippen LogP contribution in [-0.4, -0.2) is 26.0 Å². The summed E-state index contributed by atoms with van der Waals surface area (Å²) in [6, 6.07) is 4.26. The van der Waals surface area contributed by atoms with Gasteiger partial charge in [0.25, 0.3) is 0 Å². The highest BCUT2D eigenvalue weighted by atomic mass is 35.5. The van der Waals surface area contributed by atoms with Crippen molar-refractivity contribution in [2.24, 2.45) is 0 Å². The van der Waals surface area contributed by atoms with E-state index in [-0.39, 0.29) is 33.7 Å². The van der Waals surface area contributed by atoms with Crippen molar-refractivity contribution in [2.45, 2.75) is 19.8 Å². The minimum atomic E-state index is -1.31. The third-order valence-electron chi connectivity index (χ3n) is 3.74. The van der Waals surface area contributed by atoms with Gasteiger partial charge in [0.1, 0.15) is 22.7 Å². The Morgan fingerprint density at radius 1 is 1.16 bits per heavy atom. The van der Waals surface area contributed by atoms with Crippen molar-refractivity contribution in [2.75, 3.05) is 0 Å². The van der Waals surface area contributed by atoms with E-state index in [0.717, 1.165) is 6.20 Å². The standard InChI is InChI=1S/C17H12ClF2N3O2/c1-7(2)11-8-4-3-5-9(19)13(8)22-15(12(11)16(24)25)14-10(20)6-21-17(18)23-14/h3-7H,1-2H3,(H,24,25). The molecule has 0 saturated carbocycles. The number of fused-ring (bicyclic) bond motifs is 1. The lowest BCUT2D eigenvalue weighted by atomic mass is 9.91. The van der Waals surface area contributed by atoms with Crippen LogP contribution in [-0.2, 0) is 0 Å². The number of rotatable bonds is 3. The van der Waals surface area contributed by atoms with Crippen molar-refractivity contribution in [1.29, 1.82) is 0 Å². The first-order valence-corrected chi connectivity index (χ1v) is 7.72. The van der Waals surface area contributed by atoms with Crippen molar-refractivity contribution >= 4 is 28.5 Å². The number of carboxylic acid groups (broad SMARTS) is 1. The van der Waals surface area contributed by atoms with Gasteiger partial charge in [-0.1, -0.05) is 26.0 Å². The van der Waals surface area contributed by atoms with Gasteiger partial charge in [0.2, 0.25) is 5.28 Å². The van der Waals surface area contributed by atoms with Gasteiger partial charge < -0.3 is 5.11 Å². The van der Waals surface area contributed by atoms with Crippen LogP contribution in [0.15, 0.2) is 24.4 Å². The molecule has 8 heteroatoms. The van der Waals surface area contributed by atoms with Crippen LogP contribution < -0.4 is 0 Å². The summed E-state index contributed by atoms with van der Waals surface area (Å²) in [4.78, 5) is 23.2. The second kappa shape index (κ2) is 6.33. The van der Waals surface area contributed by atoms with Crippen LogP contribution in [0.4, 0.5) is 8.78 Å². The zero-order valence-electron chi connectivity index (χ0n) is 13.2. The summed E-state index contributed by atoms with van der Waals surface area (Å²) < 4.78 is 28.5. The number of para-hydroxylation sites is 1. The molecule has 0 unspecified atom stereocenters. The van der Waals surface area contributed by atoms with E-state index >= 15 is 0 Å². The summed E-state index contributed by atoms with van der Waals surface area (Å²) >= 11 is 5.71. The number of pyridine rings is 1. The van der Waals surface area contributed by atoms with Crippen LogP contribution in [0.5, 0.6) is 0 Å². The van der Waals surface area contributed by atoms with Gasteiger partial charge >= 0.3 is 5.97 Å². The molecule has 5 nitrogen and oxygen atoms in total. The predicted molar refractivity (Wildman–Crippen MR) is 88.7 cm³/mol. The van der Waals surface area contributed by atoms with E-state index in [1.807, 2.05) is 0 Å². The highest BCUT2D eigenvalue weighted by Crippen LogP contribution is 2.35. The fourth-order valence-electron chi connectivity index (χ4n) is 2.78. The van der Waals surface area contributed by atoms with Gasteiger partial charge in [0, 0.05) is 5.39 Å². The molecule has 0 amide bonds. The Balaban J connectivity index is 2.54. The normalized spacial score (nSPS) is 11.3. The quantitative estimate of drug-likeness (QED) is 0.696. The lowest BCUT2D eigenvalue weighted by Crippen LogP contribution is -2.11. The number of carboxylic acids is 1. The van der Waals surface area contributed by atoms with Gasteiger partial charge in [0.05, 0.1) is 11.8 Å². The van der Waals surface area contributed by atoms with Crippen LogP contribution >= 0.6 is 11.6 Å². The maximum absolute atomic E-state index is 14.3. The number of halogens is 3. The van der Waals surface area contributed by atoms with E-state index in [1.165, 1.54) is 12.1 Å². The molecule has 0 aliphatic heterocycles. The molecule has 0 atom stereocenters. The average molecular weight is 364 g/mol. The summed E-state index contributed by atoms with van der Waals surface area (Å²) in [5.41, 5.74) is -0.608. The zero-order valence-corrected chi connectivity index (χ0v) is 14.0. The number of hydrogen-bond acceptors (Lipinski definition) is 4. The third kappa shape index (κ3) is 2.91. The molecule has 0 radical (unpaired) electrons. The van der Waals surface area contributed by atoms with Gasteiger partial charge in [-0.25, -0.2) is 28.5 Å². The molecule has 0 aliphatic carbocycles. The Bertz CT molecular complexity index is 1010. The van der Waals surface area contributed by atoms with E-state index in [0.29, 0.717) is 10.9 Å². The molecule has 2 heterocycles. The van der Waals surface area contributed by atoms with E-state index < -0.39 is 17.6 Å². The van der Waals surface area contributed by atoms with Crippen molar-refractivity contribution in [3.8, 4) is 11.4 Å². The molecule has 1 N–H and O–H groups in total. The highest BCUT2D eigenvalue weighted by molar-refractivity contribution is 6.28. The molecule has 0 fully saturated rings. The summed E-state index contributed by atoms with van der Waals surface area (Å²) in [5, 5.41) is 9.80. The second-order valence-electron chi connectivity index (χ2n) is 5.68. The highest BCUT2D eigenvalue weighted by Gasteiger charge is 2.27. The number of hydrogen-bond donors (Lipinski definition) is 1. The molecular weight excluding hydrogens is 352 g/mol. The monoisotopic (exact) mass is 363 g/mol. The summed E-state index contributed by atoms with van der Waals surface area (Å²) in [5.74, 6) is -3.13. The number of nitrogens with zero attached hydrogens (tertiary/aromatic N) is 3. The van der Waals surface area contributed by atoms with Gasteiger partial charge in [0.15, 0.2) is 5.82 Å². The number of aromatic carboxylic acids is 1. The topological polar surface area (TPSA) is 76.0 Å². The summed E-state index contributed by atoms with van der Waals surface area (Å²) in [7, 11) is 0. The minimum absolute atomic E-state index is 0.0552. The number of aromatic nitrogens is 3. The van der Waals surface area contributed by atoms with Crippen molar-refractivity contribution < 1.29 is 18.7 Å². The second-order valence-corrected chi connectivity index (χ2v) is 6.02. The molecule has 0 bridgehead atoms. The lowest BCUT2D eigenvalue weighted by Gasteiger charge is -2.17. The third-order valence-corrected chi connectivity index (χ3v) is 3.92. The predicted octanol–water partition coefficient (Wildman–Crippen LogP) is 4.45. The molecule has 0 spiro atoms. The molecule has 3 aromatic rings. The van der Waals surface area contributed by atoms with Gasteiger partial charge in [-0.15, -0.1) is 0 Å². The average Bonchev–Trinajstić information content (AvgIpc) is 2.55. The van der Waals surface area contributed by atoms with Crippen LogP contribution in [0.1, 0.15) is 35.7 Å². The molecule has 3 rings (SSSR count). The zero-order chi connectivity index (χ0) is 18.3. The number of carbonyl (C=O) groups is 1. The minimum Gasteiger partial charge on any atom is -0.478 e. The van der Waals surface area contributed by atoms with Gasteiger partial charge in [-0.2, -0.15) is 0 Å². The van der Waals surface area contributed by atoms with Crippen molar-refractivity contribution in [1.82, 2.24) is 15.0 Å². The molecule has 1 aromatic carbocycles. The molecular formula is C17H12ClF2N3O2. The van der Waals surface area contributed by atoms with Crippen molar-refractivity contribution in [3.63, 3.8) is 0 Å². The smallest absolute Gasteiger partial charge is 0.338 e. The fraction of sp³-hybridized carbons (Fsp3) is 0.176. The van der Waals surface area contributed by atoms with Crippen LogP contribution in [0.2, 0.25) is 5.28 Å². The van der Waals surface area contributed by atoms with Gasteiger partial charge in [-0.3, -0.25) is 0 Å². The first kappa shape index (κ1) is 17.2. The first-order chi connectivity index (χ1) is 11.8. The van der Waals surface area contributed by atoms with E-state index in [9.17, 15) is 18.7 Å². The van der Waals surface area contributed by atoms with Gasteiger partial charge in [-0.05, 0) is 29.1 Å². The molecule has 2 aromatic heterocycles. The Morgan fingerprint density at radius 3 is 2.52 bits per heavy atom. The lowest BCUT2D eigenvalue weighted by molar-refractivity contribution is 0.0696. The van der Waals surface area contributed by atoms with E-state index in [2.05, 4.69) is 15.0 Å².